The molecule has 0 spiro atoms. The standard InChI is InChI=1S/C16H27N3O/c1-4-19(8-9-20-5-2)16-13(3)10-14(12-18-16)11-17-15-6-7-15/h10,12,15,17H,4-9,11H2,1-3H3. The van der Waals surface area contributed by atoms with Crippen molar-refractivity contribution in [3.05, 3.63) is 23.4 Å². The van der Waals surface area contributed by atoms with Crippen LogP contribution in [0, 0.1) is 6.92 Å². The van der Waals surface area contributed by atoms with Crippen molar-refractivity contribution in [2.75, 3.05) is 31.2 Å². The van der Waals surface area contributed by atoms with Gasteiger partial charge < -0.3 is 15.0 Å². The fraction of sp³-hybridized carbons (Fsp3) is 0.688. The van der Waals surface area contributed by atoms with E-state index in [9.17, 15) is 0 Å². The molecule has 20 heavy (non-hydrogen) atoms. The van der Waals surface area contributed by atoms with Crippen LogP contribution >= 0.6 is 0 Å². The third-order valence-corrected chi connectivity index (χ3v) is 3.67. The van der Waals surface area contributed by atoms with Gasteiger partial charge in [-0.3, -0.25) is 0 Å². The van der Waals surface area contributed by atoms with E-state index in [1.807, 2.05) is 13.1 Å². The molecule has 1 fully saturated rings. The molecule has 0 radical (unpaired) electrons. The smallest absolute Gasteiger partial charge is 0.131 e. The van der Waals surface area contributed by atoms with Gasteiger partial charge in [0.2, 0.25) is 0 Å². The number of rotatable bonds is 9. The summed E-state index contributed by atoms with van der Waals surface area (Å²) in [5.74, 6) is 1.09. The van der Waals surface area contributed by atoms with Crippen molar-refractivity contribution in [3.8, 4) is 0 Å². The first-order valence-electron chi connectivity index (χ1n) is 7.76. The predicted octanol–water partition coefficient (Wildman–Crippen LogP) is 2.50. The van der Waals surface area contributed by atoms with Gasteiger partial charge in [0.05, 0.1) is 6.61 Å². The number of hydrogen-bond donors (Lipinski definition) is 1. The Hall–Kier alpha value is -1.13. The Labute approximate surface area is 122 Å². The van der Waals surface area contributed by atoms with Gasteiger partial charge in [0.25, 0.3) is 0 Å². The quantitative estimate of drug-likeness (QED) is 0.704. The van der Waals surface area contributed by atoms with E-state index in [1.165, 1.54) is 24.0 Å². The summed E-state index contributed by atoms with van der Waals surface area (Å²) in [4.78, 5) is 6.94. The molecule has 112 valence electrons. The van der Waals surface area contributed by atoms with Gasteiger partial charge in [-0.25, -0.2) is 4.98 Å². The number of nitrogens with zero attached hydrogens (tertiary/aromatic N) is 2. The summed E-state index contributed by atoms with van der Waals surface area (Å²) in [5, 5.41) is 3.53. The second-order valence-corrected chi connectivity index (χ2v) is 5.42. The molecule has 0 unspecified atom stereocenters. The van der Waals surface area contributed by atoms with Gasteiger partial charge in [0.1, 0.15) is 5.82 Å². The molecule has 0 amide bonds. The van der Waals surface area contributed by atoms with E-state index in [2.05, 4.69) is 35.1 Å². The second kappa shape index (κ2) is 7.60. The lowest BCUT2D eigenvalue weighted by atomic mass is 10.2. The Morgan fingerprint density at radius 1 is 1.40 bits per heavy atom. The van der Waals surface area contributed by atoms with E-state index in [0.717, 1.165) is 44.7 Å². The fourth-order valence-electron chi connectivity index (χ4n) is 2.34. The molecular formula is C16H27N3O. The van der Waals surface area contributed by atoms with Crippen molar-refractivity contribution in [2.24, 2.45) is 0 Å². The van der Waals surface area contributed by atoms with Crippen LogP contribution in [0.15, 0.2) is 12.3 Å². The lowest BCUT2D eigenvalue weighted by Crippen LogP contribution is -2.29. The molecule has 1 aromatic heterocycles. The number of likely N-dealkylation sites (N-methyl/N-ethyl adjacent to an activating group) is 1. The summed E-state index contributed by atoms with van der Waals surface area (Å²) in [7, 11) is 0. The van der Waals surface area contributed by atoms with E-state index in [4.69, 9.17) is 4.74 Å². The Morgan fingerprint density at radius 2 is 2.20 bits per heavy atom. The molecule has 1 heterocycles. The molecule has 1 aliphatic rings. The van der Waals surface area contributed by atoms with E-state index in [0.29, 0.717) is 0 Å². The van der Waals surface area contributed by atoms with Crippen LogP contribution in [0.25, 0.3) is 0 Å². The minimum atomic E-state index is 0.744. The van der Waals surface area contributed by atoms with Crippen LogP contribution in [-0.4, -0.2) is 37.3 Å². The van der Waals surface area contributed by atoms with Crippen molar-refractivity contribution in [1.82, 2.24) is 10.3 Å². The first-order chi connectivity index (χ1) is 9.74. The first kappa shape index (κ1) is 15.3. The van der Waals surface area contributed by atoms with E-state index in [-0.39, 0.29) is 0 Å². The molecule has 1 saturated carbocycles. The Kier molecular flexibility index (Phi) is 5.80. The second-order valence-electron chi connectivity index (χ2n) is 5.42. The van der Waals surface area contributed by atoms with Gasteiger partial charge in [0.15, 0.2) is 0 Å². The summed E-state index contributed by atoms with van der Waals surface area (Å²) in [6.45, 7) is 10.7. The number of nitrogens with one attached hydrogen (secondary N) is 1. The fourth-order valence-corrected chi connectivity index (χ4v) is 2.34. The zero-order valence-electron chi connectivity index (χ0n) is 13.0. The molecule has 0 atom stereocenters. The first-order valence-corrected chi connectivity index (χ1v) is 7.76. The molecule has 0 aliphatic heterocycles. The Balaban J connectivity index is 1.94. The summed E-state index contributed by atoms with van der Waals surface area (Å²) in [6, 6.07) is 2.99. The molecular weight excluding hydrogens is 250 g/mol. The topological polar surface area (TPSA) is 37.4 Å². The highest BCUT2D eigenvalue weighted by molar-refractivity contribution is 5.47. The van der Waals surface area contributed by atoms with Gasteiger partial charge in [-0.15, -0.1) is 0 Å². The average Bonchev–Trinajstić information content (AvgIpc) is 3.27. The molecule has 4 nitrogen and oxygen atoms in total. The number of aromatic nitrogens is 1. The molecule has 4 heteroatoms. The third-order valence-electron chi connectivity index (χ3n) is 3.67. The molecule has 1 aliphatic carbocycles. The average molecular weight is 277 g/mol. The van der Waals surface area contributed by atoms with Crippen molar-refractivity contribution in [3.63, 3.8) is 0 Å². The number of anilines is 1. The Morgan fingerprint density at radius 3 is 2.80 bits per heavy atom. The lowest BCUT2D eigenvalue weighted by molar-refractivity contribution is 0.154. The van der Waals surface area contributed by atoms with Crippen LogP contribution in [0.2, 0.25) is 0 Å². The SMILES string of the molecule is CCOCCN(CC)c1ncc(CNC2CC2)cc1C. The number of hydrogen-bond acceptors (Lipinski definition) is 4. The molecule has 1 N–H and O–H groups in total. The van der Waals surface area contributed by atoms with Crippen LogP contribution in [0.3, 0.4) is 0 Å². The molecule has 0 aromatic carbocycles. The molecule has 0 bridgehead atoms. The largest absolute Gasteiger partial charge is 0.380 e. The van der Waals surface area contributed by atoms with Crippen LogP contribution in [0.4, 0.5) is 5.82 Å². The van der Waals surface area contributed by atoms with Crippen molar-refractivity contribution in [1.29, 1.82) is 0 Å². The van der Waals surface area contributed by atoms with Gasteiger partial charge in [-0.1, -0.05) is 0 Å². The Bertz CT molecular complexity index is 418. The van der Waals surface area contributed by atoms with E-state index >= 15 is 0 Å². The normalized spacial score (nSPS) is 14.6. The minimum Gasteiger partial charge on any atom is -0.380 e. The highest BCUT2D eigenvalue weighted by Gasteiger charge is 2.20. The third kappa shape index (κ3) is 4.46. The monoisotopic (exact) mass is 277 g/mol. The van der Waals surface area contributed by atoms with Crippen LogP contribution in [0.1, 0.15) is 37.8 Å². The summed E-state index contributed by atoms with van der Waals surface area (Å²) in [6.07, 6.45) is 4.65. The zero-order valence-corrected chi connectivity index (χ0v) is 13.0. The summed E-state index contributed by atoms with van der Waals surface area (Å²) in [5.41, 5.74) is 2.53. The van der Waals surface area contributed by atoms with Crippen molar-refractivity contribution in [2.45, 2.75) is 46.2 Å². The predicted molar refractivity (Wildman–Crippen MR) is 83.2 cm³/mol. The maximum absolute atomic E-state index is 5.44. The zero-order chi connectivity index (χ0) is 14.4. The molecule has 0 saturated heterocycles. The summed E-state index contributed by atoms with van der Waals surface area (Å²) >= 11 is 0. The molecule has 1 aromatic rings. The number of ether oxygens (including phenoxy) is 1. The highest BCUT2D eigenvalue weighted by Crippen LogP contribution is 2.21. The number of aryl methyl sites for hydroxylation is 1. The van der Waals surface area contributed by atoms with Crippen LogP contribution < -0.4 is 10.2 Å². The van der Waals surface area contributed by atoms with Gasteiger partial charge >= 0.3 is 0 Å². The maximum Gasteiger partial charge on any atom is 0.131 e. The van der Waals surface area contributed by atoms with Gasteiger partial charge in [-0.2, -0.15) is 0 Å². The lowest BCUT2D eigenvalue weighted by Gasteiger charge is -2.23. The molecule has 2 rings (SSSR count). The van der Waals surface area contributed by atoms with E-state index < -0.39 is 0 Å². The van der Waals surface area contributed by atoms with Crippen LogP contribution in [0.5, 0.6) is 0 Å². The van der Waals surface area contributed by atoms with E-state index in [1.54, 1.807) is 0 Å². The maximum atomic E-state index is 5.44. The van der Waals surface area contributed by atoms with Gasteiger partial charge in [-0.05, 0) is 50.8 Å². The van der Waals surface area contributed by atoms with Crippen molar-refractivity contribution < 1.29 is 4.74 Å². The summed E-state index contributed by atoms with van der Waals surface area (Å²) < 4.78 is 5.44. The number of pyridine rings is 1. The minimum absolute atomic E-state index is 0.744. The van der Waals surface area contributed by atoms with Crippen molar-refractivity contribution >= 4 is 5.82 Å². The van der Waals surface area contributed by atoms with Crippen LogP contribution in [-0.2, 0) is 11.3 Å². The van der Waals surface area contributed by atoms with Gasteiger partial charge in [0, 0.05) is 38.5 Å². The highest BCUT2D eigenvalue weighted by atomic mass is 16.5.